The molecule has 0 bridgehead atoms. The molecule has 11 nitrogen and oxygen atoms in total. The zero-order valence-corrected chi connectivity index (χ0v) is 12.8. The Hall–Kier alpha value is -3.89. The molecule has 0 heterocycles. The van der Waals surface area contributed by atoms with E-state index >= 15 is 0 Å². The van der Waals surface area contributed by atoms with E-state index in [1.165, 1.54) is 0 Å². The number of benzene rings is 2. The quantitative estimate of drug-likeness (QED) is 0.352. The second kappa shape index (κ2) is 7.59. The molecule has 0 radical (unpaired) electrons. The number of hydrazine groups is 1. The van der Waals surface area contributed by atoms with E-state index < -0.39 is 27.3 Å². The Balaban J connectivity index is 1.95. The molecule has 0 saturated heterocycles. The number of anilines is 2. The third-order valence-electron chi connectivity index (χ3n) is 3.13. The molecule has 0 aliphatic carbocycles. The van der Waals surface area contributed by atoms with Crippen LogP contribution in [0.5, 0.6) is 0 Å². The van der Waals surface area contributed by atoms with Gasteiger partial charge in [0.1, 0.15) is 5.69 Å². The second-order valence-electron chi connectivity index (χ2n) is 4.89. The van der Waals surface area contributed by atoms with E-state index in [4.69, 9.17) is 5.73 Å². The summed E-state index contributed by atoms with van der Waals surface area (Å²) < 4.78 is 0. The molecule has 0 spiro atoms. The van der Waals surface area contributed by atoms with Crippen molar-refractivity contribution in [3.05, 3.63) is 68.3 Å². The van der Waals surface area contributed by atoms with Crippen molar-refractivity contribution in [2.24, 2.45) is 0 Å². The molecular weight excluding hydrogens is 332 g/mol. The van der Waals surface area contributed by atoms with Gasteiger partial charge in [0.05, 0.1) is 15.9 Å². The Morgan fingerprint density at radius 2 is 1.72 bits per heavy atom. The van der Waals surface area contributed by atoms with Gasteiger partial charge in [-0.2, -0.15) is 0 Å². The van der Waals surface area contributed by atoms with Gasteiger partial charge in [-0.25, -0.2) is 4.79 Å². The molecular formula is C14H14N6O5. The van der Waals surface area contributed by atoms with Gasteiger partial charge in [-0.3, -0.25) is 31.1 Å². The minimum Gasteiger partial charge on any atom is -0.399 e. The van der Waals surface area contributed by atoms with Gasteiger partial charge in [0.2, 0.25) is 0 Å². The van der Waals surface area contributed by atoms with Crippen molar-refractivity contribution >= 4 is 28.8 Å². The number of urea groups is 1. The number of nitrogens with zero attached hydrogens (tertiary/aromatic N) is 2. The fourth-order valence-corrected chi connectivity index (χ4v) is 1.88. The van der Waals surface area contributed by atoms with Crippen molar-refractivity contribution in [2.45, 2.75) is 6.54 Å². The van der Waals surface area contributed by atoms with Crippen LogP contribution >= 0.6 is 0 Å². The Kier molecular flexibility index (Phi) is 5.30. The van der Waals surface area contributed by atoms with Gasteiger partial charge in [0.25, 0.3) is 5.69 Å². The first-order valence-corrected chi connectivity index (χ1v) is 6.94. The number of hydrogen-bond donors (Lipinski definition) is 4. The number of hydrogen-bond acceptors (Lipinski definition) is 7. The maximum Gasteiger partial charge on any atom is 0.333 e. The highest BCUT2D eigenvalue weighted by Gasteiger charge is 2.19. The summed E-state index contributed by atoms with van der Waals surface area (Å²) in [5, 5.41) is 24.2. The number of nitro groups is 2. The number of nitrogen functional groups attached to an aromatic ring is 1. The lowest BCUT2D eigenvalue weighted by Gasteiger charge is -2.10. The molecule has 2 rings (SSSR count). The maximum absolute atomic E-state index is 11.7. The number of non-ortho nitro benzene ring substituents is 1. The first kappa shape index (κ1) is 17.5. The summed E-state index contributed by atoms with van der Waals surface area (Å²) in [6, 6.07) is 9.25. The Labute approximate surface area is 141 Å². The standard InChI is InChI=1S/C14H14N6O5/c15-10-3-1-9(2-4-10)8-16-14(21)18-17-12-6-5-11(19(22)23)7-13(12)20(24)25/h1-7,17H,8,15H2,(H2,16,18,21). The third kappa shape index (κ3) is 4.79. The van der Waals surface area contributed by atoms with Crippen molar-refractivity contribution in [1.82, 2.24) is 10.7 Å². The monoisotopic (exact) mass is 346 g/mol. The number of carbonyl (C=O) groups excluding carboxylic acids is 1. The molecule has 0 unspecified atom stereocenters. The molecule has 2 amide bonds. The molecule has 0 aliphatic heterocycles. The molecule has 5 N–H and O–H groups in total. The number of rotatable bonds is 6. The van der Waals surface area contributed by atoms with Crippen LogP contribution in [0.3, 0.4) is 0 Å². The molecule has 0 fully saturated rings. The third-order valence-corrected chi connectivity index (χ3v) is 3.13. The van der Waals surface area contributed by atoms with Gasteiger partial charge in [0.15, 0.2) is 0 Å². The van der Waals surface area contributed by atoms with Crippen molar-refractivity contribution in [1.29, 1.82) is 0 Å². The number of nitrogens with two attached hydrogens (primary N) is 1. The van der Waals surface area contributed by atoms with E-state index in [0.29, 0.717) is 5.69 Å². The minimum absolute atomic E-state index is 0.0850. The van der Waals surface area contributed by atoms with Crippen LogP contribution in [0.4, 0.5) is 27.5 Å². The van der Waals surface area contributed by atoms with E-state index in [9.17, 15) is 25.0 Å². The Morgan fingerprint density at radius 3 is 2.32 bits per heavy atom. The van der Waals surface area contributed by atoms with Gasteiger partial charge >= 0.3 is 11.7 Å². The zero-order valence-electron chi connectivity index (χ0n) is 12.8. The molecule has 130 valence electrons. The second-order valence-corrected chi connectivity index (χ2v) is 4.89. The van der Waals surface area contributed by atoms with Crippen molar-refractivity contribution in [3.63, 3.8) is 0 Å². The van der Waals surface area contributed by atoms with Gasteiger partial charge < -0.3 is 11.1 Å². The summed E-state index contributed by atoms with van der Waals surface area (Å²) in [5.74, 6) is 0. The largest absolute Gasteiger partial charge is 0.399 e. The fraction of sp³-hybridized carbons (Fsp3) is 0.0714. The summed E-state index contributed by atoms with van der Waals surface area (Å²) in [5.41, 5.74) is 10.5. The number of amides is 2. The maximum atomic E-state index is 11.7. The molecule has 0 aliphatic rings. The number of nitro benzene ring substituents is 2. The van der Waals surface area contributed by atoms with Crippen LogP contribution in [0.2, 0.25) is 0 Å². The normalized spacial score (nSPS) is 9.92. The highest BCUT2D eigenvalue weighted by molar-refractivity contribution is 5.77. The summed E-state index contributed by atoms with van der Waals surface area (Å²) >= 11 is 0. The van der Waals surface area contributed by atoms with Crippen LogP contribution in [0.1, 0.15) is 5.56 Å². The average Bonchev–Trinajstić information content (AvgIpc) is 2.59. The fourth-order valence-electron chi connectivity index (χ4n) is 1.88. The lowest BCUT2D eigenvalue weighted by molar-refractivity contribution is -0.393. The Bertz CT molecular complexity index is 808. The first-order valence-electron chi connectivity index (χ1n) is 6.94. The molecule has 2 aromatic rings. The van der Waals surface area contributed by atoms with E-state index in [1.54, 1.807) is 24.3 Å². The predicted octanol–water partition coefficient (Wildman–Crippen LogP) is 1.91. The lowest BCUT2D eigenvalue weighted by atomic mass is 10.2. The summed E-state index contributed by atoms with van der Waals surface area (Å²) in [6.45, 7) is 0.218. The molecule has 11 heteroatoms. The van der Waals surface area contributed by atoms with Gasteiger partial charge in [-0.1, -0.05) is 12.1 Å². The number of nitrogens with one attached hydrogen (secondary N) is 3. The van der Waals surface area contributed by atoms with E-state index in [-0.39, 0.29) is 12.2 Å². The molecule has 0 saturated carbocycles. The molecule has 0 atom stereocenters. The zero-order chi connectivity index (χ0) is 18.4. The SMILES string of the molecule is Nc1ccc(CNC(=O)NNc2ccc([N+](=O)[O-])cc2[N+](=O)[O-])cc1. The highest BCUT2D eigenvalue weighted by atomic mass is 16.6. The van der Waals surface area contributed by atoms with Crippen molar-refractivity contribution in [2.75, 3.05) is 11.2 Å². The highest BCUT2D eigenvalue weighted by Crippen LogP contribution is 2.28. The summed E-state index contributed by atoms with van der Waals surface area (Å²) in [6.07, 6.45) is 0. The molecule has 0 aromatic heterocycles. The lowest BCUT2D eigenvalue weighted by Crippen LogP contribution is -2.38. The van der Waals surface area contributed by atoms with Crippen LogP contribution in [0.25, 0.3) is 0 Å². The topological polar surface area (TPSA) is 165 Å². The van der Waals surface area contributed by atoms with Crippen molar-refractivity contribution in [3.8, 4) is 0 Å². The van der Waals surface area contributed by atoms with Gasteiger partial charge in [-0.15, -0.1) is 0 Å². The number of carbonyl (C=O) groups is 1. The first-order chi connectivity index (χ1) is 11.9. The van der Waals surface area contributed by atoms with E-state index in [1.807, 2.05) is 0 Å². The van der Waals surface area contributed by atoms with Crippen LogP contribution in [-0.4, -0.2) is 15.9 Å². The Morgan fingerprint density at radius 1 is 1.04 bits per heavy atom. The van der Waals surface area contributed by atoms with Crippen LogP contribution < -0.4 is 21.9 Å². The van der Waals surface area contributed by atoms with Crippen molar-refractivity contribution < 1.29 is 14.6 Å². The van der Waals surface area contributed by atoms with Gasteiger partial charge in [0, 0.05) is 18.3 Å². The van der Waals surface area contributed by atoms with Crippen LogP contribution in [0.15, 0.2) is 42.5 Å². The molecule has 2 aromatic carbocycles. The average molecular weight is 346 g/mol. The smallest absolute Gasteiger partial charge is 0.333 e. The molecule has 25 heavy (non-hydrogen) atoms. The minimum atomic E-state index is -0.788. The van der Waals surface area contributed by atoms with Gasteiger partial charge in [-0.05, 0) is 23.8 Å². The van der Waals surface area contributed by atoms with Crippen LogP contribution in [0, 0.1) is 20.2 Å². The van der Waals surface area contributed by atoms with E-state index in [2.05, 4.69) is 16.2 Å². The van der Waals surface area contributed by atoms with E-state index in [0.717, 1.165) is 23.8 Å². The summed E-state index contributed by atoms with van der Waals surface area (Å²) in [4.78, 5) is 31.8. The summed E-state index contributed by atoms with van der Waals surface area (Å²) in [7, 11) is 0. The van der Waals surface area contributed by atoms with Crippen LogP contribution in [-0.2, 0) is 6.54 Å². The predicted molar refractivity (Wildman–Crippen MR) is 89.6 cm³/mol.